The monoisotopic (exact) mass is 306 g/mol. The van der Waals surface area contributed by atoms with Crippen LogP contribution >= 0.6 is 0 Å². The summed E-state index contributed by atoms with van der Waals surface area (Å²) in [5, 5.41) is 3.93. The Bertz CT molecular complexity index is 891. The molecule has 0 N–H and O–H groups in total. The minimum absolute atomic E-state index is 0.122. The van der Waals surface area contributed by atoms with Gasteiger partial charge in [-0.1, -0.05) is 23.4 Å². The van der Waals surface area contributed by atoms with Gasteiger partial charge in [0, 0.05) is 23.7 Å². The summed E-state index contributed by atoms with van der Waals surface area (Å²) in [5.41, 5.74) is 2.75. The highest BCUT2D eigenvalue weighted by atomic mass is 16.5. The zero-order valence-electron chi connectivity index (χ0n) is 12.4. The lowest BCUT2D eigenvalue weighted by atomic mass is 9.99. The van der Waals surface area contributed by atoms with E-state index in [9.17, 15) is 4.79 Å². The molecule has 1 aliphatic heterocycles. The van der Waals surface area contributed by atoms with E-state index < -0.39 is 0 Å². The maximum absolute atomic E-state index is 12.9. The molecule has 2 aromatic heterocycles. The average Bonchev–Trinajstić information content (AvgIpc) is 3.01. The summed E-state index contributed by atoms with van der Waals surface area (Å²) in [6.45, 7) is 0.730. The van der Waals surface area contributed by atoms with Gasteiger partial charge in [0.05, 0.1) is 6.26 Å². The topological polar surface area (TPSA) is 59.5 Å². The quantitative estimate of drug-likeness (QED) is 0.725. The first kappa shape index (κ1) is 12.7. The molecule has 0 bridgehead atoms. The molecule has 1 spiro atoms. The molecular weight excluding hydrogens is 292 g/mol. The van der Waals surface area contributed by atoms with Crippen molar-refractivity contribution in [1.29, 1.82) is 0 Å². The van der Waals surface area contributed by atoms with Crippen LogP contribution in [0.2, 0.25) is 0 Å². The van der Waals surface area contributed by atoms with Crippen LogP contribution in [0.15, 0.2) is 57.7 Å². The SMILES string of the molecule is O=C(c1cc(-c2ccco2)on1)N1CC2(CC2)c2ccccc21. The zero-order chi connectivity index (χ0) is 15.4. The van der Waals surface area contributed by atoms with Gasteiger partial charge in [0.1, 0.15) is 0 Å². The van der Waals surface area contributed by atoms with Crippen LogP contribution in [0, 0.1) is 0 Å². The van der Waals surface area contributed by atoms with Crippen molar-refractivity contribution in [1.82, 2.24) is 5.16 Å². The standard InChI is InChI=1S/C18H14N2O3/c21-17(13-10-16(23-19-13)15-6-3-9-22-15)20-11-18(7-8-18)12-4-1-2-5-14(12)20/h1-6,9-10H,7-8,11H2. The van der Waals surface area contributed by atoms with Crippen molar-refractivity contribution in [3.05, 3.63) is 60.0 Å². The number of aromatic nitrogens is 1. The first-order chi connectivity index (χ1) is 11.3. The van der Waals surface area contributed by atoms with E-state index in [0.29, 0.717) is 17.2 Å². The van der Waals surface area contributed by atoms with Crippen LogP contribution in [-0.4, -0.2) is 17.6 Å². The number of hydrogen-bond acceptors (Lipinski definition) is 4. The summed E-state index contributed by atoms with van der Waals surface area (Å²) in [7, 11) is 0. The highest BCUT2D eigenvalue weighted by molar-refractivity contribution is 6.07. The van der Waals surface area contributed by atoms with Gasteiger partial charge in [0.25, 0.3) is 5.91 Å². The molecule has 1 amide bonds. The number of nitrogens with zero attached hydrogens (tertiary/aromatic N) is 2. The Kier molecular flexibility index (Phi) is 2.40. The van der Waals surface area contributed by atoms with E-state index >= 15 is 0 Å². The van der Waals surface area contributed by atoms with Crippen LogP contribution in [0.1, 0.15) is 28.9 Å². The molecule has 3 aromatic rings. The van der Waals surface area contributed by atoms with E-state index in [-0.39, 0.29) is 11.3 Å². The summed E-state index contributed by atoms with van der Waals surface area (Å²) in [4.78, 5) is 14.7. The number of anilines is 1. The molecule has 23 heavy (non-hydrogen) atoms. The van der Waals surface area contributed by atoms with Gasteiger partial charge in [-0.3, -0.25) is 4.79 Å². The van der Waals surface area contributed by atoms with Crippen molar-refractivity contribution in [3.8, 4) is 11.5 Å². The number of carbonyl (C=O) groups is 1. The molecule has 1 saturated carbocycles. The van der Waals surface area contributed by atoms with Crippen molar-refractivity contribution >= 4 is 11.6 Å². The van der Waals surface area contributed by atoms with Gasteiger partial charge in [0.2, 0.25) is 5.76 Å². The van der Waals surface area contributed by atoms with Crippen molar-refractivity contribution < 1.29 is 13.7 Å². The normalized spacial score (nSPS) is 17.5. The van der Waals surface area contributed by atoms with Gasteiger partial charge >= 0.3 is 0 Å². The molecule has 0 unspecified atom stereocenters. The van der Waals surface area contributed by atoms with Crippen LogP contribution in [-0.2, 0) is 5.41 Å². The Morgan fingerprint density at radius 2 is 2.00 bits per heavy atom. The number of rotatable bonds is 2. The minimum atomic E-state index is -0.122. The van der Waals surface area contributed by atoms with Crippen molar-refractivity contribution in [2.75, 3.05) is 11.4 Å². The Balaban J connectivity index is 1.50. The van der Waals surface area contributed by atoms with Crippen LogP contribution in [0.25, 0.3) is 11.5 Å². The Labute approximate surface area is 132 Å². The third kappa shape index (κ3) is 1.79. The first-order valence-electron chi connectivity index (χ1n) is 7.69. The lowest BCUT2D eigenvalue weighted by Gasteiger charge is -2.15. The molecule has 0 radical (unpaired) electrons. The average molecular weight is 306 g/mol. The molecule has 2 aliphatic rings. The van der Waals surface area contributed by atoms with Crippen LogP contribution in [0.5, 0.6) is 0 Å². The summed E-state index contributed by atoms with van der Waals surface area (Å²) in [6, 6.07) is 13.3. The van der Waals surface area contributed by atoms with Gasteiger partial charge in [-0.2, -0.15) is 0 Å². The summed E-state index contributed by atoms with van der Waals surface area (Å²) in [6.07, 6.45) is 3.85. The fraction of sp³-hybridized carbons (Fsp3) is 0.222. The summed E-state index contributed by atoms with van der Waals surface area (Å²) in [5.74, 6) is 0.909. The molecule has 0 atom stereocenters. The molecule has 5 heteroatoms. The third-order valence-electron chi connectivity index (χ3n) is 4.82. The lowest BCUT2D eigenvalue weighted by molar-refractivity contribution is 0.0979. The highest BCUT2D eigenvalue weighted by Crippen LogP contribution is 2.56. The third-order valence-corrected chi connectivity index (χ3v) is 4.82. The molecule has 0 saturated heterocycles. The summed E-state index contributed by atoms with van der Waals surface area (Å²) >= 11 is 0. The van der Waals surface area contributed by atoms with Crippen LogP contribution in [0.3, 0.4) is 0 Å². The number of amides is 1. The van der Waals surface area contributed by atoms with E-state index in [1.165, 1.54) is 5.56 Å². The predicted octanol–water partition coefficient (Wildman–Crippen LogP) is 3.63. The number of benzene rings is 1. The van der Waals surface area contributed by atoms with Crippen molar-refractivity contribution in [2.45, 2.75) is 18.3 Å². The first-order valence-corrected chi connectivity index (χ1v) is 7.69. The van der Waals surface area contributed by atoms with Gasteiger partial charge in [-0.25, -0.2) is 0 Å². The highest BCUT2D eigenvalue weighted by Gasteiger charge is 2.53. The largest absolute Gasteiger partial charge is 0.461 e. The molecule has 3 heterocycles. The maximum Gasteiger partial charge on any atom is 0.280 e. The molecule has 1 aliphatic carbocycles. The van der Waals surface area contributed by atoms with E-state index in [1.807, 2.05) is 23.1 Å². The van der Waals surface area contributed by atoms with E-state index in [0.717, 1.165) is 25.1 Å². The Morgan fingerprint density at radius 3 is 2.78 bits per heavy atom. The number of fused-ring (bicyclic) bond motifs is 2. The second-order valence-corrected chi connectivity index (χ2v) is 6.24. The van der Waals surface area contributed by atoms with Gasteiger partial charge in [-0.15, -0.1) is 0 Å². The minimum Gasteiger partial charge on any atom is -0.461 e. The molecule has 1 fully saturated rings. The smallest absolute Gasteiger partial charge is 0.280 e. The fourth-order valence-electron chi connectivity index (χ4n) is 3.44. The van der Waals surface area contributed by atoms with Crippen LogP contribution in [0.4, 0.5) is 5.69 Å². The molecule has 114 valence electrons. The molecular formula is C18H14N2O3. The number of carbonyl (C=O) groups excluding carboxylic acids is 1. The fourth-order valence-corrected chi connectivity index (χ4v) is 3.44. The van der Waals surface area contributed by atoms with Crippen LogP contribution < -0.4 is 4.90 Å². The Morgan fingerprint density at radius 1 is 1.13 bits per heavy atom. The molecule has 5 nitrogen and oxygen atoms in total. The van der Waals surface area contributed by atoms with Gasteiger partial charge in [-0.05, 0) is 36.6 Å². The van der Waals surface area contributed by atoms with E-state index in [2.05, 4.69) is 11.2 Å². The number of furan rings is 1. The second-order valence-electron chi connectivity index (χ2n) is 6.24. The van der Waals surface area contributed by atoms with Crippen molar-refractivity contribution in [3.63, 3.8) is 0 Å². The van der Waals surface area contributed by atoms with E-state index in [4.69, 9.17) is 8.94 Å². The van der Waals surface area contributed by atoms with Crippen molar-refractivity contribution in [2.24, 2.45) is 0 Å². The Hall–Kier alpha value is -2.82. The summed E-state index contributed by atoms with van der Waals surface area (Å²) < 4.78 is 10.5. The van der Waals surface area contributed by atoms with E-state index in [1.54, 1.807) is 24.5 Å². The second kappa shape index (κ2) is 4.35. The zero-order valence-corrected chi connectivity index (χ0v) is 12.4. The number of para-hydroxylation sites is 1. The molecule has 1 aromatic carbocycles. The number of hydrogen-bond donors (Lipinski definition) is 0. The lowest BCUT2D eigenvalue weighted by Crippen LogP contribution is -2.31. The van der Waals surface area contributed by atoms with Gasteiger partial charge < -0.3 is 13.8 Å². The van der Waals surface area contributed by atoms with Gasteiger partial charge in [0.15, 0.2) is 11.5 Å². The molecule has 5 rings (SSSR count). The maximum atomic E-state index is 12.9. The predicted molar refractivity (Wildman–Crippen MR) is 83.2 cm³/mol.